The van der Waals surface area contributed by atoms with Crippen molar-refractivity contribution in [1.29, 1.82) is 0 Å². The topological polar surface area (TPSA) is 97.5 Å². The molecular formula is C24H31N2O5+. The van der Waals surface area contributed by atoms with Gasteiger partial charge in [-0.1, -0.05) is 17.7 Å². The van der Waals surface area contributed by atoms with Crippen molar-refractivity contribution in [3.63, 3.8) is 0 Å². The Bertz CT molecular complexity index is 1030. The summed E-state index contributed by atoms with van der Waals surface area (Å²) in [5.41, 5.74) is 4.32. The van der Waals surface area contributed by atoms with Gasteiger partial charge in [-0.15, -0.1) is 0 Å². The summed E-state index contributed by atoms with van der Waals surface area (Å²) in [5.74, 6) is 0.201. The van der Waals surface area contributed by atoms with Gasteiger partial charge in [0.25, 0.3) is 0 Å². The first-order valence-corrected chi connectivity index (χ1v) is 10.6. The van der Waals surface area contributed by atoms with Crippen LogP contribution < -0.4 is 10.1 Å². The van der Waals surface area contributed by atoms with Crippen molar-refractivity contribution in [2.24, 2.45) is 0 Å². The van der Waals surface area contributed by atoms with Crippen molar-refractivity contribution in [2.75, 3.05) is 32.9 Å². The Hall–Kier alpha value is -2.87. The van der Waals surface area contributed by atoms with Gasteiger partial charge >= 0.3 is 5.97 Å². The molecule has 0 saturated heterocycles. The van der Waals surface area contributed by atoms with Gasteiger partial charge in [0.15, 0.2) is 0 Å². The number of hydrogen-bond donors (Lipinski definition) is 3. The Labute approximate surface area is 182 Å². The lowest BCUT2D eigenvalue weighted by atomic mass is 10.1. The first-order chi connectivity index (χ1) is 15.0. The van der Waals surface area contributed by atoms with Gasteiger partial charge in [0, 0.05) is 16.8 Å². The van der Waals surface area contributed by atoms with E-state index in [-0.39, 0.29) is 19.2 Å². The number of nitrogens with two attached hydrogens (primary N) is 1. The molecule has 7 nitrogen and oxygen atoms in total. The highest BCUT2D eigenvalue weighted by Crippen LogP contribution is 2.32. The summed E-state index contributed by atoms with van der Waals surface area (Å²) in [4.78, 5) is 12.8. The Morgan fingerprint density at radius 3 is 2.58 bits per heavy atom. The van der Waals surface area contributed by atoms with Gasteiger partial charge in [-0.3, -0.25) is 0 Å². The molecule has 0 aliphatic heterocycles. The fourth-order valence-corrected chi connectivity index (χ4v) is 3.64. The van der Waals surface area contributed by atoms with Gasteiger partial charge in [0.1, 0.15) is 25.0 Å². The lowest BCUT2D eigenvalue weighted by Crippen LogP contribution is -2.87. The summed E-state index contributed by atoms with van der Waals surface area (Å²) in [7, 11) is 0. The third kappa shape index (κ3) is 5.25. The van der Waals surface area contributed by atoms with E-state index in [9.17, 15) is 9.90 Å². The normalized spacial score (nSPS) is 12.2. The number of nitrogens with zero attached hydrogens (tertiary/aromatic N) is 1. The molecule has 0 amide bonds. The van der Waals surface area contributed by atoms with Crippen LogP contribution in [0.15, 0.2) is 42.5 Å². The molecule has 0 fully saturated rings. The minimum Gasteiger partial charge on any atom is -0.491 e. The average Bonchev–Trinajstić information content (AvgIpc) is 3.04. The monoisotopic (exact) mass is 427 g/mol. The highest BCUT2D eigenvalue weighted by atomic mass is 16.5. The molecule has 4 N–H and O–H groups in total. The van der Waals surface area contributed by atoms with Crippen LogP contribution in [0.5, 0.6) is 5.75 Å². The Kier molecular flexibility index (Phi) is 7.68. The summed E-state index contributed by atoms with van der Waals surface area (Å²) >= 11 is 0. The van der Waals surface area contributed by atoms with Gasteiger partial charge in [-0.05, 0) is 51.1 Å². The minimum atomic E-state index is -0.661. The zero-order valence-corrected chi connectivity index (χ0v) is 18.3. The molecule has 7 heteroatoms. The Balaban J connectivity index is 1.96. The highest BCUT2D eigenvalue weighted by molar-refractivity contribution is 6.07. The number of rotatable bonds is 10. The SMILES string of the molecule is CCOC(=O)c1c(C)n(-c2ccc(C)cc2)c2ccc(OCC(O)C[NH2+]CCO)cc12. The zero-order valence-electron chi connectivity index (χ0n) is 18.3. The van der Waals surface area contributed by atoms with Crippen LogP contribution in [0, 0.1) is 13.8 Å². The van der Waals surface area contributed by atoms with Gasteiger partial charge in [0.05, 0.1) is 30.8 Å². The van der Waals surface area contributed by atoms with Gasteiger partial charge in [0.2, 0.25) is 0 Å². The number of aryl methyl sites for hydroxylation is 1. The second kappa shape index (κ2) is 10.4. The number of fused-ring (bicyclic) bond motifs is 1. The summed E-state index contributed by atoms with van der Waals surface area (Å²) < 4.78 is 13.1. The number of aliphatic hydroxyl groups is 2. The van der Waals surface area contributed by atoms with Crippen LogP contribution in [0.4, 0.5) is 0 Å². The smallest absolute Gasteiger partial charge is 0.340 e. The van der Waals surface area contributed by atoms with E-state index in [1.165, 1.54) is 0 Å². The Morgan fingerprint density at radius 1 is 1.16 bits per heavy atom. The fourth-order valence-electron chi connectivity index (χ4n) is 3.64. The number of carbonyl (C=O) groups is 1. The van der Waals surface area contributed by atoms with E-state index in [1.54, 1.807) is 6.92 Å². The van der Waals surface area contributed by atoms with Crippen LogP contribution in [-0.2, 0) is 4.74 Å². The standard InChI is InChI=1S/C24H30N2O5/c1-4-30-24(29)23-17(3)26(18-7-5-16(2)6-8-18)22-10-9-20(13-21(22)23)31-15-19(28)14-25-11-12-27/h5-10,13,19,25,27-28H,4,11-12,14-15H2,1-3H3/p+1. The lowest BCUT2D eigenvalue weighted by molar-refractivity contribution is -0.662. The lowest BCUT2D eigenvalue weighted by Gasteiger charge is -2.12. The minimum absolute atomic E-state index is 0.0677. The van der Waals surface area contributed by atoms with Gasteiger partial charge in [-0.2, -0.15) is 0 Å². The number of ether oxygens (including phenoxy) is 2. The summed E-state index contributed by atoms with van der Waals surface area (Å²) in [6.07, 6.45) is -0.661. The summed E-state index contributed by atoms with van der Waals surface area (Å²) in [6.45, 7) is 7.20. The van der Waals surface area contributed by atoms with Crippen molar-refractivity contribution in [3.8, 4) is 11.4 Å². The number of quaternary nitrogens is 1. The number of aliphatic hydroxyl groups excluding tert-OH is 2. The molecule has 1 unspecified atom stereocenters. The molecule has 166 valence electrons. The average molecular weight is 428 g/mol. The molecule has 3 aromatic rings. The van der Waals surface area contributed by atoms with Gasteiger partial charge in [-0.25, -0.2) is 4.79 Å². The number of benzene rings is 2. The Morgan fingerprint density at radius 2 is 1.90 bits per heavy atom. The molecule has 0 radical (unpaired) electrons. The molecule has 0 bridgehead atoms. The van der Waals surface area contributed by atoms with E-state index >= 15 is 0 Å². The van der Waals surface area contributed by atoms with Crippen LogP contribution >= 0.6 is 0 Å². The second-order valence-electron chi connectivity index (χ2n) is 7.53. The summed E-state index contributed by atoms with van der Waals surface area (Å²) in [6, 6.07) is 13.7. The number of carbonyl (C=O) groups excluding carboxylic acids is 1. The van der Waals surface area contributed by atoms with E-state index in [1.807, 2.05) is 66.2 Å². The first kappa shape index (κ1) is 22.8. The largest absolute Gasteiger partial charge is 0.491 e. The third-order valence-electron chi connectivity index (χ3n) is 5.16. The zero-order chi connectivity index (χ0) is 22.4. The maximum atomic E-state index is 12.8. The number of esters is 1. The highest BCUT2D eigenvalue weighted by Gasteiger charge is 2.22. The molecule has 3 rings (SSSR count). The summed E-state index contributed by atoms with van der Waals surface area (Å²) in [5, 5.41) is 21.5. The van der Waals surface area contributed by atoms with Crippen molar-refractivity contribution in [2.45, 2.75) is 26.9 Å². The molecule has 31 heavy (non-hydrogen) atoms. The van der Waals surface area contributed by atoms with Crippen LogP contribution in [0.25, 0.3) is 16.6 Å². The van der Waals surface area contributed by atoms with Crippen LogP contribution in [0.2, 0.25) is 0 Å². The van der Waals surface area contributed by atoms with Crippen molar-refractivity contribution in [3.05, 3.63) is 59.3 Å². The number of aromatic nitrogens is 1. The molecule has 1 atom stereocenters. The molecule has 0 spiro atoms. The van der Waals surface area contributed by atoms with Crippen LogP contribution in [-0.4, -0.2) is 59.8 Å². The third-order valence-corrected chi connectivity index (χ3v) is 5.16. The molecule has 0 saturated carbocycles. The van der Waals surface area contributed by atoms with E-state index in [0.29, 0.717) is 31.0 Å². The quantitative estimate of drug-likeness (QED) is 0.338. The molecule has 2 aromatic carbocycles. The van der Waals surface area contributed by atoms with Crippen molar-refractivity contribution in [1.82, 2.24) is 4.57 Å². The molecule has 1 heterocycles. The molecule has 1 aromatic heterocycles. The maximum Gasteiger partial charge on any atom is 0.340 e. The second-order valence-corrected chi connectivity index (χ2v) is 7.53. The fraction of sp³-hybridized carbons (Fsp3) is 0.375. The van der Waals surface area contributed by atoms with Crippen LogP contribution in [0.3, 0.4) is 0 Å². The van der Waals surface area contributed by atoms with Crippen molar-refractivity contribution < 1.29 is 29.8 Å². The van der Waals surface area contributed by atoms with E-state index < -0.39 is 6.10 Å². The van der Waals surface area contributed by atoms with Crippen molar-refractivity contribution >= 4 is 16.9 Å². The predicted octanol–water partition coefficient (Wildman–Crippen LogP) is 1.72. The number of hydrogen-bond acceptors (Lipinski definition) is 5. The predicted molar refractivity (Wildman–Crippen MR) is 119 cm³/mol. The maximum absolute atomic E-state index is 12.8. The molecule has 0 aliphatic rings. The van der Waals surface area contributed by atoms with Crippen LogP contribution in [0.1, 0.15) is 28.5 Å². The van der Waals surface area contributed by atoms with E-state index in [4.69, 9.17) is 14.6 Å². The first-order valence-electron chi connectivity index (χ1n) is 10.6. The van der Waals surface area contributed by atoms with E-state index in [2.05, 4.69) is 0 Å². The van der Waals surface area contributed by atoms with Gasteiger partial charge < -0.3 is 29.6 Å². The molecule has 0 aliphatic carbocycles. The molecular weight excluding hydrogens is 396 g/mol. The van der Waals surface area contributed by atoms with E-state index in [0.717, 1.165) is 27.8 Å².